The first-order valence-electron chi connectivity index (χ1n) is 6.55. The van der Waals surface area contributed by atoms with Crippen molar-refractivity contribution >= 4 is 11.6 Å². The second-order valence-corrected chi connectivity index (χ2v) is 5.01. The molecule has 0 saturated carbocycles. The molecule has 0 aliphatic carbocycles. The molecule has 0 radical (unpaired) electrons. The van der Waals surface area contributed by atoms with Crippen LogP contribution >= 0.6 is 0 Å². The molecule has 0 unspecified atom stereocenters. The summed E-state index contributed by atoms with van der Waals surface area (Å²) in [7, 11) is 1.52. The summed E-state index contributed by atoms with van der Waals surface area (Å²) in [5.41, 5.74) is 5.69. The Bertz CT molecular complexity index is 484. The second kappa shape index (κ2) is 6.11. The monoisotopic (exact) mass is 280 g/mol. The fraction of sp³-hybridized carbons (Fsp3) is 0.500. The van der Waals surface area contributed by atoms with Crippen LogP contribution in [0.4, 0.5) is 5.69 Å². The Morgan fingerprint density at radius 3 is 2.80 bits per heavy atom. The van der Waals surface area contributed by atoms with Crippen LogP contribution in [-0.2, 0) is 4.74 Å². The number of ether oxygens (including phenoxy) is 2. The molecular weight excluding hydrogens is 260 g/mol. The van der Waals surface area contributed by atoms with Crippen LogP contribution in [0.2, 0.25) is 0 Å². The lowest BCUT2D eigenvalue weighted by atomic mass is 9.94. The number of nitrogen functional groups attached to an aromatic ring is 1. The van der Waals surface area contributed by atoms with Gasteiger partial charge < -0.3 is 25.6 Å². The summed E-state index contributed by atoms with van der Waals surface area (Å²) in [5, 5.41) is 13.0. The number of aliphatic hydroxyl groups is 1. The molecule has 1 amide bonds. The molecule has 1 fully saturated rings. The molecule has 2 rings (SSSR count). The molecule has 1 aliphatic rings. The van der Waals surface area contributed by atoms with Crippen LogP contribution in [-0.4, -0.2) is 43.5 Å². The van der Waals surface area contributed by atoms with E-state index in [4.69, 9.17) is 15.2 Å². The van der Waals surface area contributed by atoms with E-state index in [1.165, 1.54) is 7.11 Å². The van der Waals surface area contributed by atoms with Gasteiger partial charge in [0.25, 0.3) is 5.91 Å². The van der Waals surface area contributed by atoms with Gasteiger partial charge in [-0.05, 0) is 12.1 Å². The van der Waals surface area contributed by atoms with Gasteiger partial charge in [-0.2, -0.15) is 0 Å². The number of methoxy groups -OCH3 is 1. The average Bonchev–Trinajstić information content (AvgIpc) is 2.45. The SMILES string of the molecule is COc1cc(N)cc(C(=O)NCC2(O)CCOCC2)c1. The van der Waals surface area contributed by atoms with Crippen molar-refractivity contribution in [3.8, 4) is 5.75 Å². The van der Waals surface area contributed by atoms with Gasteiger partial charge >= 0.3 is 0 Å². The first-order valence-corrected chi connectivity index (χ1v) is 6.55. The van der Waals surface area contributed by atoms with Gasteiger partial charge in [0.05, 0.1) is 12.7 Å². The van der Waals surface area contributed by atoms with Crippen molar-refractivity contribution in [2.24, 2.45) is 0 Å². The van der Waals surface area contributed by atoms with Gasteiger partial charge in [-0.25, -0.2) is 0 Å². The van der Waals surface area contributed by atoms with Crippen molar-refractivity contribution in [2.75, 3.05) is 32.6 Å². The third-order valence-corrected chi connectivity index (χ3v) is 3.43. The minimum atomic E-state index is -0.891. The average molecular weight is 280 g/mol. The summed E-state index contributed by atoms with van der Waals surface area (Å²) in [5.74, 6) is 0.246. The number of hydrogen-bond donors (Lipinski definition) is 3. The Labute approximate surface area is 117 Å². The Hall–Kier alpha value is -1.79. The highest BCUT2D eigenvalue weighted by molar-refractivity contribution is 5.95. The first-order chi connectivity index (χ1) is 9.52. The van der Waals surface area contributed by atoms with Gasteiger partial charge in [0.15, 0.2) is 0 Å². The van der Waals surface area contributed by atoms with E-state index in [-0.39, 0.29) is 12.5 Å². The lowest BCUT2D eigenvalue weighted by Crippen LogP contribution is -2.46. The lowest BCUT2D eigenvalue weighted by molar-refractivity contribution is -0.0605. The Balaban J connectivity index is 1.99. The van der Waals surface area contributed by atoms with Crippen LogP contribution in [0, 0.1) is 0 Å². The van der Waals surface area contributed by atoms with Crippen molar-refractivity contribution in [2.45, 2.75) is 18.4 Å². The third kappa shape index (κ3) is 3.61. The number of benzene rings is 1. The number of carbonyl (C=O) groups is 1. The number of rotatable bonds is 4. The van der Waals surface area contributed by atoms with Crippen molar-refractivity contribution in [1.29, 1.82) is 0 Å². The molecule has 1 saturated heterocycles. The van der Waals surface area contributed by atoms with E-state index in [2.05, 4.69) is 5.32 Å². The fourth-order valence-corrected chi connectivity index (χ4v) is 2.15. The lowest BCUT2D eigenvalue weighted by Gasteiger charge is -2.32. The molecule has 0 aromatic heterocycles. The van der Waals surface area contributed by atoms with Crippen LogP contribution in [0.1, 0.15) is 23.2 Å². The Kier molecular flexibility index (Phi) is 4.46. The van der Waals surface area contributed by atoms with Crippen molar-refractivity contribution < 1.29 is 19.4 Å². The van der Waals surface area contributed by atoms with E-state index < -0.39 is 5.60 Å². The molecule has 6 nitrogen and oxygen atoms in total. The standard InChI is InChI=1S/C14H20N2O4/c1-19-12-7-10(6-11(15)8-12)13(17)16-9-14(18)2-4-20-5-3-14/h6-8,18H,2-5,9,15H2,1H3,(H,16,17). The van der Waals surface area contributed by atoms with Crippen LogP contribution in [0.25, 0.3) is 0 Å². The molecular formula is C14H20N2O4. The van der Waals surface area contributed by atoms with Gasteiger partial charge in [-0.1, -0.05) is 0 Å². The topological polar surface area (TPSA) is 93.8 Å². The molecule has 110 valence electrons. The summed E-state index contributed by atoms with van der Waals surface area (Å²) >= 11 is 0. The summed E-state index contributed by atoms with van der Waals surface area (Å²) in [6.45, 7) is 1.23. The van der Waals surface area contributed by atoms with E-state index in [1.54, 1.807) is 18.2 Å². The molecule has 6 heteroatoms. The molecule has 0 bridgehead atoms. The van der Waals surface area contributed by atoms with Crippen LogP contribution in [0.15, 0.2) is 18.2 Å². The number of hydrogen-bond acceptors (Lipinski definition) is 5. The highest BCUT2D eigenvalue weighted by atomic mass is 16.5. The Morgan fingerprint density at radius 2 is 2.15 bits per heavy atom. The van der Waals surface area contributed by atoms with Crippen LogP contribution in [0.3, 0.4) is 0 Å². The molecule has 4 N–H and O–H groups in total. The summed E-state index contributed by atoms with van der Waals surface area (Å²) in [4.78, 5) is 12.1. The zero-order valence-electron chi connectivity index (χ0n) is 11.5. The van der Waals surface area contributed by atoms with Crippen molar-refractivity contribution in [3.05, 3.63) is 23.8 Å². The quantitative estimate of drug-likeness (QED) is 0.700. The highest BCUT2D eigenvalue weighted by Gasteiger charge is 2.30. The predicted molar refractivity (Wildman–Crippen MR) is 74.7 cm³/mol. The molecule has 1 aliphatic heterocycles. The van der Waals surface area contributed by atoms with Crippen molar-refractivity contribution in [3.63, 3.8) is 0 Å². The normalized spacial score (nSPS) is 17.5. The highest BCUT2D eigenvalue weighted by Crippen LogP contribution is 2.21. The summed E-state index contributed by atoms with van der Waals surface area (Å²) < 4.78 is 10.3. The predicted octanol–water partition coefficient (Wildman–Crippen LogP) is 0.549. The van der Waals surface area contributed by atoms with Gasteiger partial charge in [-0.3, -0.25) is 4.79 Å². The van der Waals surface area contributed by atoms with E-state index in [0.29, 0.717) is 43.1 Å². The van der Waals surface area contributed by atoms with Crippen molar-refractivity contribution in [1.82, 2.24) is 5.32 Å². The smallest absolute Gasteiger partial charge is 0.251 e. The number of amides is 1. The van der Waals surface area contributed by atoms with Gasteiger partial charge in [0.2, 0.25) is 0 Å². The van der Waals surface area contributed by atoms with E-state index >= 15 is 0 Å². The number of nitrogens with two attached hydrogens (primary N) is 1. The first kappa shape index (κ1) is 14.6. The van der Waals surface area contributed by atoms with Gasteiger partial charge in [-0.15, -0.1) is 0 Å². The zero-order valence-corrected chi connectivity index (χ0v) is 11.5. The maximum Gasteiger partial charge on any atom is 0.251 e. The van der Waals surface area contributed by atoms with E-state index in [9.17, 15) is 9.90 Å². The summed E-state index contributed by atoms with van der Waals surface area (Å²) in [6, 6.07) is 4.83. The minimum absolute atomic E-state index is 0.201. The van der Waals surface area contributed by atoms with Gasteiger partial charge in [0.1, 0.15) is 5.75 Å². The molecule has 0 atom stereocenters. The molecule has 1 heterocycles. The van der Waals surface area contributed by atoms with E-state index in [1.807, 2.05) is 0 Å². The number of anilines is 1. The minimum Gasteiger partial charge on any atom is -0.497 e. The fourth-order valence-electron chi connectivity index (χ4n) is 2.15. The maximum absolute atomic E-state index is 12.1. The van der Waals surface area contributed by atoms with Crippen LogP contribution in [0.5, 0.6) is 5.75 Å². The second-order valence-electron chi connectivity index (χ2n) is 5.01. The maximum atomic E-state index is 12.1. The largest absolute Gasteiger partial charge is 0.497 e. The number of nitrogens with one attached hydrogen (secondary N) is 1. The molecule has 0 spiro atoms. The molecule has 20 heavy (non-hydrogen) atoms. The van der Waals surface area contributed by atoms with Crippen LogP contribution < -0.4 is 15.8 Å². The summed E-state index contributed by atoms with van der Waals surface area (Å²) in [6.07, 6.45) is 1.04. The Morgan fingerprint density at radius 1 is 1.45 bits per heavy atom. The molecule has 1 aromatic rings. The zero-order chi connectivity index (χ0) is 14.6. The number of carbonyl (C=O) groups excluding carboxylic acids is 1. The van der Waals surface area contributed by atoms with Gasteiger partial charge in [0, 0.05) is 49.9 Å². The third-order valence-electron chi connectivity index (χ3n) is 3.43. The van der Waals surface area contributed by atoms with E-state index in [0.717, 1.165) is 0 Å². The molecule has 1 aromatic carbocycles.